The van der Waals surface area contributed by atoms with Gasteiger partial charge in [0.05, 0.1) is 11.6 Å². The molecule has 0 aromatic heterocycles. The Morgan fingerprint density at radius 3 is 2.68 bits per heavy atom. The van der Waals surface area contributed by atoms with E-state index >= 15 is 0 Å². The predicted molar refractivity (Wildman–Crippen MR) is 120 cm³/mol. The normalized spacial score (nSPS) is 22.0. The Hall–Kier alpha value is -2.64. The van der Waals surface area contributed by atoms with Crippen LogP contribution < -0.4 is 4.74 Å². The number of benzene rings is 2. The number of carbonyl (C=O) groups excluding carboxylic acids is 2. The van der Waals surface area contributed by atoms with Crippen molar-refractivity contribution in [3.05, 3.63) is 69.2 Å². The van der Waals surface area contributed by atoms with E-state index in [1.54, 1.807) is 19.2 Å². The maximum atomic E-state index is 13.0. The first-order chi connectivity index (χ1) is 14.9. The summed E-state index contributed by atoms with van der Waals surface area (Å²) in [6.07, 6.45) is 1.39. The van der Waals surface area contributed by atoms with E-state index in [1.807, 2.05) is 37.3 Å². The average molecular weight is 486 g/mol. The number of likely N-dealkylation sites (tertiary alicyclic amines) is 1. The Labute approximate surface area is 189 Å². The van der Waals surface area contributed by atoms with Crippen molar-refractivity contribution in [3.8, 4) is 5.75 Å². The largest absolute Gasteiger partial charge is 0.507 e. The number of ketones is 1. The zero-order valence-electron chi connectivity index (χ0n) is 17.4. The first-order valence-corrected chi connectivity index (χ1v) is 11.0. The summed E-state index contributed by atoms with van der Waals surface area (Å²) in [5.74, 6) is -0.659. The van der Waals surface area contributed by atoms with Crippen LogP contribution >= 0.6 is 15.9 Å². The fourth-order valence-electron chi connectivity index (χ4n) is 4.21. The van der Waals surface area contributed by atoms with Gasteiger partial charge in [-0.1, -0.05) is 28.1 Å². The highest BCUT2D eigenvalue weighted by atomic mass is 79.9. The van der Waals surface area contributed by atoms with Crippen LogP contribution in [0.25, 0.3) is 5.76 Å². The van der Waals surface area contributed by atoms with Crippen LogP contribution in [-0.2, 0) is 20.7 Å². The van der Waals surface area contributed by atoms with E-state index in [0.717, 1.165) is 27.8 Å². The highest BCUT2D eigenvalue weighted by Crippen LogP contribution is 2.40. The fourth-order valence-corrected chi connectivity index (χ4v) is 4.47. The van der Waals surface area contributed by atoms with Gasteiger partial charge >= 0.3 is 0 Å². The van der Waals surface area contributed by atoms with E-state index in [9.17, 15) is 14.7 Å². The van der Waals surface area contributed by atoms with E-state index in [-0.39, 0.29) is 17.4 Å². The number of nitrogens with zero attached hydrogens (tertiary/aromatic N) is 1. The second-order valence-corrected chi connectivity index (χ2v) is 8.76. The molecule has 4 rings (SSSR count). The number of carbonyl (C=O) groups is 2. The number of hydrogen-bond acceptors (Lipinski definition) is 5. The van der Waals surface area contributed by atoms with Crippen LogP contribution in [0.5, 0.6) is 5.75 Å². The number of fused-ring (bicyclic) bond motifs is 1. The number of amides is 1. The molecule has 2 unspecified atom stereocenters. The molecule has 162 valence electrons. The van der Waals surface area contributed by atoms with Crippen molar-refractivity contribution in [2.75, 3.05) is 20.3 Å². The molecule has 2 aromatic carbocycles. The van der Waals surface area contributed by atoms with Gasteiger partial charge in [-0.15, -0.1) is 0 Å². The first-order valence-electron chi connectivity index (χ1n) is 10.2. The lowest BCUT2D eigenvalue weighted by Crippen LogP contribution is -2.31. The van der Waals surface area contributed by atoms with E-state index in [1.165, 1.54) is 4.90 Å². The van der Waals surface area contributed by atoms with Crippen molar-refractivity contribution in [1.29, 1.82) is 0 Å². The van der Waals surface area contributed by atoms with Crippen molar-refractivity contribution in [2.24, 2.45) is 0 Å². The van der Waals surface area contributed by atoms with E-state index in [0.29, 0.717) is 25.1 Å². The average Bonchev–Trinajstić information content (AvgIpc) is 3.25. The number of rotatable bonds is 6. The summed E-state index contributed by atoms with van der Waals surface area (Å²) in [6, 6.07) is 12.1. The summed E-state index contributed by atoms with van der Waals surface area (Å²) < 4.78 is 11.7. The molecule has 7 heteroatoms. The lowest BCUT2D eigenvalue weighted by Gasteiger charge is -2.25. The molecule has 0 spiro atoms. The van der Waals surface area contributed by atoms with Gasteiger partial charge in [-0.3, -0.25) is 9.59 Å². The van der Waals surface area contributed by atoms with Crippen LogP contribution in [0.4, 0.5) is 0 Å². The summed E-state index contributed by atoms with van der Waals surface area (Å²) >= 11 is 3.42. The SMILES string of the molecule is COCCCN1C(=O)C(=O)C(=C(O)c2ccc3c(c2)CC(C)O3)C1c1ccc(Br)cc1. The zero-order valence-corrected chi connectivity index (χ0v) is 19.0. The second-order valence-electron chi connectivity index (χ2n) is 7.85. The third-order valence-corrected chi connectivity index (χ3v) is 6.17. The quantitative estimate of drug-likeness (QED) is 0.286. The molecule has 0 bridgehead atoms. The maximum Gasteiger partial charge on any atom is 0.295 e. The molecule has 2 atom stereocenters. The molecule has 31 heavy (non-hydrogen) atoms. The van der Waals surface area contributed by atoms with Gasteiger partial charge in [0, 0.05) is 36.7 Å². The highest BCUT2D eigenvalue weighted by molar-refractivity contribution is 9.10. The Kier molecular flexibility index (Phi) is 6.16. The molecule has 1 amide bonds. The molecule has 2 heterocycles. The molecule has 1 fully saturated rings. The molecule has 1 N–H and O–H groups in total. The minimum absolute atomic E-state index is 0.0709. The standard InChI is InChI=1S/C24H24BrNO5/c1-14-12-17-13-16(6-9-19(17)31-14)22(27)20-21(15-4-7-18(25)8-5-15)26(10-3-11-30-2)24(29)23(20)28/h4-9,13-14,21,27H,3,10-12H2,1-2H3. The van der Waals surface area contributed by atoms with Gasteiger partial charge in [0.15, 0.2) is 0 Å². The van der Waals surface area contributed by atoms with Gasteiger partial charge in [-0.25, -0.2) is 0 Å². The molecule has 2 aliphatic heterocycles. The smallest absolute Gasteiger partial charge is 0.295 e. The predicted octanol–water partition coefficient (Wildman–Crippen LogP) is 4.23. The number of ether oxygens (including phenoxy) is 2. The van der Waals surface area contributed by atoms with Crippen molar-refractivity contribution < 1.29 is 24.2 Å². The van der Waals surface area contributed by atoms with E-state index < -0.39 is 17.7 Å². The molecular formula is C24H24BrNO5. The summed E-state index contributed by atoms with van der Waals surface area (Å²) in [7, 11) is 1.60. The van der Waals surface area contributed by atoms with Crippen molar-refractivity contribution in [2.45, 2.75) is 31.9 Å². The molecule has 0 radical (unpaired) electrons. The first kappa shape index (κ1) is 21.6. The number of hydrogen-bond donors (Lipinski definition) is 1. The van der Waals surface area contributed by atoms with E-state index in [4.69, 9.17) is 9.47 Å². The van der Waals surface area contributed by atoms with Crippen molar-refractivity contribution in [3.63, 3.8) is 0 Å². The Morgan fingerprint density at radius 2 is 1.97 bits per heavy atom. The Bertz CT molecular complexity index is 1050. The fraction of sp³-hybridized carbons (Fsp3) is 0.333. The van der Waals surface area contributed by atoms with Crippen molar-refractivity contribution >= 4 is 33.4 Å². The second kappa shape index (κ2) is 8.85. The zero-order chi connectivity index (χ0) is 22.1. The molecule has 0 saturated carbocycles. The van der Waals surface area contributed by atoms with Crippen LogP contribution in [0.3, 0.4) is 0 Å². The van der Waals surface area contributed by atoms with Gasteiger partial charge in [0.25, 0.3) is 11.7 Å². The lowest BCUT2D eigenvalue weighted by molar-refractivity contribution is -0.140. The van der Waals surface area contributed by atoms with Crippen molar-refractivity contribution in [1.82, 2.24) is 4.90 Å². The monoisotopic (exact) mass is 485 g/mol. The Morgan fingerprint density at radius 1 is 1.23 bits per heavy atom. The molecule has 0 aliphatic carbocycles. The van der Waals surface area contributed by atoms with Crippen LogP contribution in [-0.4, -0.2) is 48.1 Å². The number of aliphatic hydroxyl groups is 1. The van der Waals surface area contributed by atoms with Crippen LogP contribution in [0, 0.1) is 0 Å². The molecule has 6 nitrogen and oxygen atoms in total. The van der Waals surface area contributed by atoms with Gasteiger partial charge < -0.3 is 19.5 Å². The molecule has 1 saturated heterocycles. The third kappa shape index (κ3) is 4.12. The number of aliphatic hydroxyl groups excluding tert-OH is 1. The number of Topliss-reactive ketones (excluding diaryl/α,β-unsaturated/α-hetero) is 1. The van der Waals surface area contributed by atoms with Crippen LogP contribution in [0.2, 0.25) is 0 Å². The summed E-state index contributed by atoms with van der Waals surface area (Å²) in [5.41, 5.74) is 2.36. The molecule has 2 aliphatic rings. The molecular weight excluding hydrogens is 462 g/mol. The third-order valence-electron chi connectivity index (χ3n) is 5.64. The maximum absolute atomic E-state index is 13.0. The van der Waals surface area contributed by atoms with Gasteiger partial charge in [0.2, 0.25) is 0 Å². The summed E-state index contributed by atoms with van der Waals surface area (Å²) in [5, 5.41) is 11.2. The van der Waals surface area contributed by atoms with Crippen LogP contribution in [0.1, 0.15) is 36.1 Å². The topological polar surface area (TPSA) is 76.1 Å². The highest BCUT2D eigenvalue weighted by Gasteiger charge is 2.45. The summed E-state index contributed by atoms with van der Waals surface area (Å²) in [6.45, 7) is 2.81. The minimum Gasteiger partial charge on any atom is -0.507 e. The number of methoxy groups -OCH3 is 1. The Balaban J connectivity index is 1.79. The van der Waals surface area contributed by atoms with Crippen LogP contribution in [0.15, 0.2) is 52.5 Å². The molecule has 2 aromatic rings. The minimum atomic E-state index is -0.673. The van der Waals surface area contributed by atoms with Gasteiger partial charge in [0.1, 0.15) is 17.6 Å². The van der Waals surface area contributed by atoms with E-state index in [2.05, 4.69) is 15.9 Å². The number of halogens is 1. The van der Waals surface area contributed by atoms with Gasteiger partial charge in [-0.05, 0) is 54.8 Å². The summed E-state index contributed by atoms with van der Waals surface area (Å²) in [4.78, 5) is 27.4. The van der Waals surface area contributed by atoms with Gasteiger partial charge in [-0.2, -0.15) is 0 Å². The lowest BCUT2D eigenvalue weighted by atomic mass is 9.94.